The van der Waals surface area contributed by atoms with Gasteiger partial charge in [0.25, 0.3) is 5.91 Å². The van der Waals surface area contributed by atoms with Crippen LogP contribution in [0.3, 0.4) is 0 Å². The Morgan fingerprint density at radius 3 is 2.72 bits per heavy atom. The molecule has 0 unspecified atom stereocenters. The van der Waals surface area contributed by atoms with Gasteiger partial charge in [-0.15, -0.1) is 0 Å². The van der Waals surface area contributed by atoms with Crippen molar-refractivity contribution in [1.82, 2.24) is 15.5 Å². The molecule has 2 rings (SSSR count). The van der Waals surface area contributed by atoms with Gasteiger partial charge in [-0.3, -0.25) is 9.89 Å². The van der Waals surface area contributed by atoms with Gasteiger partial charge in [0.1, 0.15) is 0 Å². The van der Waals surface area contributed by atoms with Crippen LogP contribution in [-0.4, -0.2) is 16.1 Å². The first-order chi connectivity index (χ1) is 8.59. The van der Waals surface area contributed by atoms with E-state index in [1.54, 1.807) is 24.3 Å². The minimum absolute atomic E-state index is 0.180. The van der Waals surface area contributed by atoms with Crippen molar-refractivity contribution in [2.75, 3.05) is 0 Å². The summed E-state index contributed by atoms with van der Waals surface area (Å²) < 4.78 is 0. The Kier molecular flexibility index (Phi) is 3.67. The summed E-state index contributed by atoms with van der Waals surface area (Å²) in [7, 11) is 0. The molecule has 0 aliphatic carbocycles. The number of carbonyl (C=O) groups is 1. The summed E-state index contributed by atoms with van der Waals surface area (Å²) in [5.74, 6) is -0.180. The number of carbonyl (C=O) groups excluding carboxylic acids is 1. The molecule has 1 aromatic heterocycles. The number of aromatic amines is 1. The molecule has 0 aliphatic rings. The van der Waals surface area contributed by atoms with E-state index in [-0.39, 0.29) is 5.91 Å². The maximum atomic E-state index is 12.0. The molecule has 0 fully saturated rings. The summed E-state index contributed by atoms with van der Waals surface area (Å²) in [4.78, 5) is 12.0. The number of aryl methyl sites for hydroxylation is 2. The number of amides is 1. The Labute approximate surface area is 110 Å². The number of rotatable bonds is 3. The molecule has 2 N–H and O–H groups in total. The van der Waals surface area contributed by atoms with Gasteiger partial charge < -0.3 is 5.32 Å². The summed E-state index contributed by atoms with van der Waals surface area (Å²) >= 11 is 5.96. The maximum absolute atomic E-state index is 12.0. The van der Waals surface area contributed by atoms with Crippen LogP contribution in [0.15, 0.2) is 24.3 Å². The topological polar surface area (TPSA) is 57.8 Å². The van der Waals surface area contributed by atoms with Gasteiger partial charge in [0.15, 0.2) is 0 Å². The van der Waals surface area contributed by atoms with E-state index in [1.165, 1.54) is 0 Å². The first-order valence-corrected chi connectivity index (χ1v) is 6.00. The highest BCUT2D eigenvalue weighted by Crippen LogP contribution is 2.15. The first-order valence-electron chi connectivity index (χ1n) is 5.62. The first kappa shape index (κ1) is 12.6. The Morgan fingerprint density at radius 1 is 1.39 bits per heavy atom. The fraction of sp³-hybridized carbons (Fsp3) is 0.231. The second kappa shape index (κ2) is 5.23. The SMILES string of the molecule is Cc1n[nH]c(C)c1CNC(=O)c1ccccc1Cl. The Morgan fingerprint density at radius 2 is 2.11 bits per heavy atom. The van der Waals surface area contributed by atoms with Crippen molar-refractivity contribution in [2.24, 2.45) is 0 Å². The van der Waals surface area contributed by atoms with E-state index in [4.69, 9.17) is 11.6 Å². The number of nitrogens with one attached hydrogen (secondary N) is 2. The maximum Gasteiger partial charge on any atom is 0.253 e. The van der Waals surface area contributed by atoms with E-state index in [0.717, 1.165) is 17.0 Å². The van der Waals surface area contributed by atoms with Crippen LogP contribution in [0.4, 0.5) is 0 Å². The lowest BCUT2D eigenvalue weighted by atomic mass is 10.1. The van der Waals surface area contributed by atoms with E-state index in [1.807, 2.05) is 13.8 Å². The lowest BCUT2D eigenvalue weighted by Crippen LogP contribution is -2.23. The lowest BCUT2D eigenvalue weighted by Gasteiger charge is -2.06. The molecule has 0 aliphatic heterocycles. The minimum atomic E-state index is -0.180. The largest absolute Gasteiger partial charge is 0.348 e. The number of nitrogens with zero attached hydrogens (tertiary/aromatic N) is 1. The summed E-state index contributed by atoms with van der Waals surface area (Å²) in [5.41, 5.74) is 3.35. The highest BCUT2D eigenvalue weighted by Gasteiger charge is 2.11. The predicted molar refractivity (Wildman–Crippen MR) is 70.7 cm³/mol. The molecule has 0 saturated heterocycles. The van der Waals surface area contributed by atoms with E-state index in [0.29, 0.717) is 17.1 Å². The average Bonchev–Trinajstić information content (AvgIpc) is 2.67. The highest BCUT2D eigenvalue weighted by molar-refractivity contribution is 6.33. The van der Waals surface area contributed by atoms with E-state index in [2.05, 4.69) is 15.5 Å². The number of hydrogen-bond donors (Lipinski definition) is 2. The third kappa shape index (κ3) is 2.54. The number of hydrogen-bond acceptors (Lipinski definition) is 2. The van der Waals surface area contributed by atoms with Gasteiger partial charge in [-0.25, -0.2) is 0 Å². The third-order valence-electron chi connectivity index (χ3n) is 2.82. The fourth-order valence-electron chi connectivity index (χ4n) is 1.74. The molecular formula is C13H14ClN3O. The normalized spacial score (nSPS) is 10.4. The smallest absolute Gasteiger partial charge is 0.253 e. The highest BCUT2D eigenvalue weighted by atomic mass is 35.5. The average molecular weight is 264 g/mol. The van der Waals surface area contributed by atoms with Crippen molar-refractivity contribution < 1.29 is 4.79 Å². The second-order valence-corrected chi connectivity index (χ2v) is 4.48. The van der Waals surface area contributed by atoms with Crippen molar-refractivity contribution in [3.8, 4) is 0 Å². The molecule has 18 heavy (non-hydrogen) atoms. The number of halogens is 1. The summed E-state index contributed by atoms with van der Waals surface area (Å²) in [6, 6.07) is 6.98. The quantitative estimate of drug-likeness (QED) is 0.894. The van der Waals surface area contributed by atoms with Crippen molar-refractivity contribution in [2.45, 2.75) is 20.4 Å². The third-order valence-corrected chi connectivity index (χ3v) is 3.15. The molecule has 0 bridgehead atoms. The van der Waals surface area contributed by atoms with Crippen molar-refractivity contribution >= 4 is 17.5 Å². The van der Waals surface area contributed by atoms with Crippen LogP contribution in [0.5, 0.6) is 0 Å². The van der Waals surface area contributed by atoms with Gasteiger partial charge in [-0.05, 0) is 26.0 Å². The van der Waals surface area contributed by atoms with E-state index < -0.39 is 0 Å². The van der Waals surface area contributed by atoms with Crippen LogP contribution < -0.4 is 5.32 Å². The molecule has 2 aromatic rings. The van der Waals surface area contributed by atoms with Crippen molar-refractivity contribution in [3.63, 3.8) is 0 Å². The Bertz CT molecular complexity index is 558. The van der Waals surface area contributed by atoms with Crippen molar-refractivity contribution in [3.05, 3.63) is 51.8 Å². The zero-order chi connectivity index (χ0) is 13.1. The number of benzene rings is 1. The lowest BCUT2D eigenvalue weighted by molar-refractivity contribution is 0.0951. The molecule has 1 amide bonds. The molecule has 1 heterocycles. The molecule has 94 valence electrons. The summed E-state index contributed by atoms with van der Waals surface area (Å²) in [6.45, 7) is 4.27. The standard InChI is InChI=1S/C13H14ClN3O/c1-8-11(9(2)17-16-8)7-15-13(18)10-5-3-4-6-12(10)14/h3-6H,7H2,1-2H3,(H,15,18)(H,16,17). The molecule has 0 radical (unpaired) electrons. The molecule has 0 spiro atoms. The molecule has 4 nitrogen and oxygen atoms in total. The molecule has 1 aromatic carbocycles. The Hall–Kier alpha value is -1.81. The van der Waals surface area contributed by atoms with Crippen LogP contribution in [0.1, 0.15) is 27.3 Å². The van der Waals surface area contributed by atoms with Gasteiger partial charge in [-0.2, -0.15) is 5.10 Å². The van der Waals surface area contributed by atoms with Crippen molar-refractivity contribution in [1.29, 1.82) is 0 Å². The van der Waals surface area contributed by atoms with Gasteiger partial charge in [0.2, 0.25) is 0 Å². The molecule has 5 heteroatoms. The summed E-state index contributed by atoms with van der Waals surface area (Å²) in [6.07, 6.45) is 0. The monoisotopic (exact) mass is 263 g/mol. The summed E-state index contributed by atoms with van der Waals surface area (Å²) in [5, 5.41) is 10.3. The number of H-pyrrole nitrogens is 1. The molecule has 0 atom stereocenters. The zero-order valence-electron chi connectivity index (χ0n) is 10.2. The minimum Gasteiger partial charge on any atom is -0.348 e. The Balaban J connectivity index is 2.08. The molecular weight excluding hydrogens is 250 g/mol. The number of aromatic nitrogens is 2. The van der Waals surface area contributed by atoms with E-state index in [9.17, 15) is 4.79 Å². The van der Waals surface area contributed by atoms with Crippen LogP contribution in [0.2, 0.25) is 5.02 Å². The van der Waals surface area contributed by atoms with Gasteiger partial charge in [-0.1, -0.05) is 23.7 Å². The van der Waals surface area contributed by atoms with Crippen LogP contribution in [0, 0.1) is 13.8 Å². The second-order valence-electron chi connectivity index (χ2n) is 4.08. The van der Waals surface area contributed by atoms with Gasteiger partial charge >= 0.3 is 0 Å². The fourth-order valence-corrected chi connectivity index (χ4v) is 1.97. The van der Waals surface area contributed by atoms with Gasteiger partial charge in [0, 0.05) is 17.8 Å². The zero-order valence-corrected chi connectivity index (χ0v) is 11.0. The van der Waals surface area contributed by atoms with Crippen LogP contribution in [0.25, 0.3) is 0 Å². The molecule has 0 saturated carbocycles. The van der Waals surface area contributed by atoms with Crippen LogP contribution in [-0.2, 0) is 6.54 Å². The predicted octanol–water partition coefficient (Wildman–Crippen LogP) is 2.61. The van der Waals surface area contributed by atoms with Crippen LogP contribution >= 0.6 is 11.6 Å². The van der Waals surface area contributed by atoms with E-state index >= 15 is 0 Å². The van der Waals surface area contributed by atoms with Gasteiger partial charge in [0.05, 0.1) is 16.3 Å².